The Morgan fingerprint density at radius 2 is 2.00 bits per heavy atom. The molecular formula is C13H26N2O3S. The van der Waals surface area contributed by atoms with Crippen LogP contribution in [0.3, 0.4) is 0 Å². The van der Waals surface area contributed by atoms with Crippen LogP contribution in [0.4, 0.5) is 0 Å². The zero-order chi connectivity index (χ0) is 13.7. The van der Waals surface area contributed by atoms with Crippen molar-refractivity contribution in [2.24, 2.45) is 5.92 Å². The van der Waals surface area contributed by atoms with Gasteiger partial charge in [0.15, 0.2) is 0 Å². The molecule has 19 heavy (non-hydrogen) atoms. The zero-order valence-corrected chi connectivity index (χ0v) is 12.6. The molecule has 0 amide bonds. The normalized spacial score (nSPS) is 26.9. The van der Waals surface area contributed by atoms with Gasteiger partial charge in [0.2, 0.25) is 10.0 Å². The van der Waals surface area contributed by atoms with Crippen LogP contribution in [0.5, 0.6) is 0 Å². The minimum atomic E-state index is -3.14. The summed E-state index contributed by atoms with van der Waals surface area (Å²) in [7, 11) is -3.14. The summed E-state index contributed by atoms with van der Waals surface area (Å²) in [6.07, 6.45) is 4.23. The molecule has 1 atom stereocenters. The summed E-state index contributed by atoms with van der Waals surface area (Å²) in [5.41, 5.74) is 0. The fraction of sp³-hybridized carbons (Fsp3) is 1.00. The first kappa shape index (κ1) is 15.2. The van der Waals surface area contributed by atoms with Gasteiger partial charge in [-0.25, -0.2) is 8.42 Å². The largest absolute Gasteiger partial charge is 0.381 e. The van der Waals surface area contributed by atoms with Crippen LogP contribution in [-0.2, 0) is 14.8 Å². The molecule has 5 nitrogen and oxygen atoms in total. The molecule has 112 valence electrons. The standard InChI is InChI=1S/C13H26N2O3S/c1-2-18-10-11-19(16,17)15-9-3-4-13(15)12-5-7-14-8-6-12/h12-14H,2-11H2,1H3. The van der Waals surface area contributed by atoms with E-state index in [2.05, 4.69) is 5.32 Å². The Kier molecular flexibility index (Phi) is 5.62. The molecule has 0 radical (unpaired) electrons. The van der Waals surface area contributed by atoms with E-state index in [4.69, 9.17) is 4.74 Å². The zero-order valence-electron chi connectivity index (χ0n) is 11.8. The van der Waals surface area contributed by atoms with Crippen LogP contribution in [0.2, 0.25) is 0 Å². The van der Waals surface area contributed by atoms with Crippen molar-refractivity contribution in [3.8, 4) is 0 Å². The fourth-order valence-corrected chi connectivity index (χ4v) is 4.90. The Labute approximate surface area is 116 Å². The first-order valence-corrected chi connectivity index (χ1v) is 9.04. The number of hydrogen-bond donors (Lipinski definition) is 1. The Morgan fingerprint density at radius 1 is 1.26 bits per heavy atom. The summed E-state index contributed by atoms with van der Waals surface area (Å²) < 4.78 is 31.7. The molecule has 0 saturated carbocycles. The molecule has 2 saturated heterocycles. The molecule has 0 aliphatic carbocycles. The van der Waals surface area contributed by atoms with E-state index in [1.165, 1.54) is 0 Å². The highest BCUT2D eigenvalue weighted by molar-refractivity contribution is 7.89. The van der Waals surface area contributed by atoms with E-state index >= 15 is 0 Å². The van der Waals surface area contributed by atoms with Crippen LogP contribution in [0.25, 0.3) is 0 Å². The lowest BCUT2D eigenvalue weighted by Crippen LogP contribution is -2.45. The Balaban J connectivity index is 1.96. The lowest BCUT2D eigenvalue weighted by molar-refractivity contribution is 0.161. The van der Waals surface area contributed by atoms with Crippen molar-refractivity contribution in [3.05, 3.63) is 0 Å². The number of nitrogens with zero attached hydrogens (tertiary/aromatic N) is 1. The van der Waals surface area contributed by atoms with Gasteiger partial charge in [-0.05, 0) is 51.6 Å². The van der Waals surface area contributed by atoms with Crippen molar-refractivity contribution in [2.75, 3.05) is 38.6 Å². The van der Waals surface area contributed by atoms with Crippen molar-refractivity contribution < 1.29 is 13.2 Å². The first-order valence-electron chi connectivity index (χ1n) is 7.43. The number of hydrogen-bond acceptors (Lipinski definition) is 4. The van der Waals surface area contributed by atoms with Gasteiger partial charge in [0.05, 0.1) is 12.4 Å². The second kappa shape index (κ2) is 7.02. The first-order chi connectivity index (χ1) is 9.15. The van der Waals surface area contributed by atoms with Crippen LogP contribution in [-0.4, -0.2) is 57.4 Å². The van der Waals surface area contributed by atoms with E-state index in [1.54, 1.807) is 4.31 Å². The third-order valence-corrected chi connectivity index (χ3v) is 6.07. The van der Waals surface area contributed by atoms with Crippen LogP contribution in [0.1, 0.15) is 32.6 Å². The number of sulfonamides is 1. The molecule has 1 N–H and O–H groups in total. The maximum atomic E-state index is 12.4. The lowest BCUT2D eigenvalue weighted by atomic mass is 9.89. The number of nitrogens with one attached hydrogen (secondary N) is 1. The third kappa shape index (κ3) is 3.90. The van der Waals surface area contributed by atoms with Crippen molar-refractivity contribution in [2.45, 2.75) is 38.6 Å². The van der Waals surface area contributed by atoms with E-state index in [0.29, 0.717) is 25.7 Å². The molecule has 0 spiro atoms. The monoisotopic (exact) mass is 290 g/mol. The van der Waals surface area contributed by atoms with Crippen LogP contribution in [0, 0.1) is 5.92 Å². The molecule has 2 rings (SSSR count). The molecule has 1 unspecified atom stereocenters. The van der Waals surface area contributed by atoms with E-state index in [1.807, 2.05) is 6.92 Å². The Morgan fingerprint density at radius 3 is 2.68 bits per heavy atom. The SMILES string of the molecule is CCOCCS(=O)(=O)N1CCCC1C1CCNCC1. The highest BCUT2D eigenvalue weighted by Gasteiger charge is 2.38. The van der Waals surface area contributed by atoms with E-state index < -0.39 is 10.0 Å². The van der Waals surface area contributed by atoms with Gasteiger partial charge >= 0.3 is 0 Å². The minimum absolute atomic E-state index is 0.127. The second-order valence-electron chi connectivity index (χ2n) is 5.42. The molecule has 0 aromatic carbocycles. The quantitative estimate of drug-likeness (QED) is 0.736. The number of ether oxygens (including phenoxy) is 1. The molecule has 0 aromatic heterocycles. The molecule has 2 aliphatic rings. The summed E-state index contributed by atoms with van der Waals surface area (Å²) in [6.45, 7) is 5.52. The second-order valence-corrected chi connectivity index (χ2v) is 7.46. The fourth-order valence-electron chi connectivity index (χ4n) is 3.24. The van der Waals surface area contributed by atoms with Crippen LogP contribution in [0.15, 0.2) is 0 Å². The van der Waals surface area contributed by atoms with Crippen molar-refractivity contribution >= 4 is 10.0 Å². The predicted octanol–water partition coefficient (Wildman–Crippen LogP) is 0.817. The molecular weight excluding hydrogens is 264 g/mol. The van der Waals surface area contributed by atoms with E-state index in [9.17, 15) is 8.42 Å². The summed E-state index contributed by atoms with van der Waals surface area (Å²) in [4.78, 5) is 0. The van der Waals surface area contributed by atoms with Crippen molar-refractivity contribution in [1.82, 2.24) is 9.62 Å². The smallest absolute Gasteiger partial charge is 0.216 e. The van der Waals surface area contributed by atoms with Gasteiger partial charge < -0.3 is 10.1 Å². The molecule has 0 bridgehead atoms. The molecule has 2 fully saturated rings. The van der Waals surface area contributed by atoms with E-state index in [-0.39, 0.29) is 11.8 Å². The number of rotatable bonds is 6. The Hall–Kier alpha value is -0.170. The van der Waals surface area contributed by atoms with E-state index in [0.717, 1.165) is 38.8 Å². The summed E-state index contributed by atoms with van der Waals surface area (Å²) in [5.74, 6) is 0.660. The van der Waals surface area contributed by atoms with Crippen molar-refractivity contribution in [3.63, 3.8) is 0 Å². The topological polar surface area (TPSA) is 58.6 Å². The summed E-state index contributed by atoms with van der Waals surface area (Å²) in [5, 5.41) is 3.35. The van der Waals surface area contributed by atoms with Gasteiger partial charge in [0.25, 0.3) is 0 Å². The van der Waals surface area contributed by atoms with Gasteiger partial charge in [-0.15, -0.1) is 0 Å². The predicted molar refractivity (Wildman–Crippen MR) is 75.6 cm³/mol. The van der Waals surface area contributed by atoms with Gasteiger partial charge in [0.1, 0.15) is 0 Å². The molecule has 2 heterocycles. The maximum absolute atomic E-state index is 12.4. The minimum Gasteiger partial charge on any atom is -0.381 e. The van der Waals surface area contributed by atoms with Gasteiger partial charge in [0, 0.05) is 19.2 Å². The molecule has 2 aliphatic heterocycles. The molecule has 0 aromatic rings. The Bertz CT molecular complexity index is 366. The lowest BCUT2D eigenvalue weighted by Gasteiger charge is -2.33. The van der Waals surface area contributed by atoms with Gasteiger partial charge in [-0.2, -0.15) is 4.31 Å². The van der Waals surface area contributed by atoms with Crippen LogP contribution >= 0.6 is 0 Å². The summed E-state index contributed by atoms with van der Waals surface area (Å²) >= 11 is 0. The van der Waals surface area contributed by atoms with Gasteiger partial charge in [-0.3, -0.25) is 0 Å². The molecule has 6 heteroatoms. The summed E-state index contributed by atoms with van der Waals surface area (Å²) in [6, 6.07) is 0.230. The average Bonchev–Trinajstić information content (AvgIpc) is 2.90. The maximum Gasteiger partial charge on any atom is 0.216 e. The number of piperidine rings is 1. The highest BCUT2D eigenvalue weighted by Crippen LogP contribution is 2.31. The highest BCUT2D eigenvalue weighted by atomic mass is 32.2. The average molecular weight is 290 g/mol. The van der Waals surface area contributed by atoms with Gasteiger partial charge in [-0.1, -0.05) is 0 Å². The van der Waals surface area contributed by atoms with Crippen LogP contribution < -0.4 is 5.32 Å². The third-order valence-electron chi connectivity index (χ3n) is 4.22. The van der Waals surface area contributed by atoms with Crippen molar-refractivity contribution in [1.29, 1.82) is 0 Å².